The van der Waals surface area contributed by atoms with Crippen molar-refractivity contribution in [2.75, 3.05) is 26.2 Å². The number of amides is 2. The molecular formula is C20H20BrClN2O2. The third-order valence-electron chi connectivity index (χ3n) is 4.62. The third kappa shape index (κ3) is 4.10. The second-order valence-electron chi connectivity index (χ2n) is 6.26. The van der Waals surface area contributed by atoms with E-state index < -0.39 is 0 Å². The number of hydrogen-bond donors (Lipinski definition) is 0. The maximum absolute atomic E-state index is 12.7. The Morgan fingerprint density at radius 1 is 0.962 bits per heavy atom. The number of hydrogen-bond acceptors (Lipinski definition) is 2. The highest BCUT2D eigenvalue weighted by atomic mass is 79.9. The van der Waals surface area contributed by atoms with Gasteiger partial charge in [0.1, 0.15) is 0 Å². The summed E-state index contributed by atoms with van der Waals surface area (Å²) in [6, 6.07) is 13.0. The largest absolute Gasteiger partial charge is 0.335 e. The minimum atomic E-state index is -0.101. The van der Waals surface area contributed by atoms with E-state index in [1.807, 2.05) is 24.3 Å². The summed E-state index contributed by atoms with van der Waals surface area (Å²) in [5, 5.41) is 0.438. The van der Waals surface area contributed by atoms with Gasteiger partial charge in [0, 0.05) is 36.2 Å². The lowest BCUT2D eigenvalue weighted by molar-refractivity contribution is 0.0535. The summed E-state index contributed by atoms with van der Waals surface area (Å²) in [5.74, 6) is -0.0871. The average molecular weight is 436 g/mol. The third-order valence-corrected chi connectivity index (χ3v) is 5.44. The van der Waals surface area contributed by atoms with Gasteiger partial charge in [-0.15, -0.1) is 0 Å². The van der Waals surface area contributed by atoms with E-state index in [2.05, 4.69) is 22.9 Å². The molecule has 2 aromatic rings. The van der Waals surface area contributed by atoms with E-state index in [0.717, 1.165) is 10.9 Å². The Morgan fingerprint density at radius 2 is 1.54 bits per heavy atom. The molecule has 0 bridgehead atoms. The van der Waals surface area contributed by atoms with Gasteiger partial charge in [0.2, 0.25) is 0 Å². The summed E-state index contributed by atoms with van der Waals surface area (Å²) >= 11 is 9.53. The SMILES string of the molecule is CCc1ccc(C(=O)N2CCN(C(=O)c3cc(Br)ccc3Cl)CC2)cc1. The van der Waals surface area contributed by atoms with Crippen molar-refractivity contribution >= 4 is 39.3 Å². The molecule has 1 saturated heterocycles. The van der Waals surface area contributed by atoms with E-state index in [9.17, 15) is 9.59 Å². The zero-order valence-electron chi connectivity index (χ0n) is 14.5. The quantitative estimate of drug-likeness (QED) is 0.722. The van der Waals surface area contributed by atoms with Gasteiger partial charge in [-0.2, -0.15) is 0 Å². The maximum Gasteiger partial charge on any atom is 0.255 e. The maximum atomic E-state index is 12.7. The Morgan fingerprint density at radius 3 is 2.12 bits per heavy atom. The molecule has 6 heteroatoms. The van der Waals surface area contributed by atoms with Crippen LogP contribution < -0.4 is 0 Å². The number of carbonyl (C=O) groups is 2. The van der Waals surface area contributed by atoms with E-state index in [1.165, 1.54) is 5.56 Å². The monoisotopic (exact) mass is 434 g/mol. The fraction of sp³-hybridized carbons (Fsp3) is 0.300. The minimum absolute atomic E-state index is 0.0141. The van der Waals surface area contributed by atoms with Crippen molar-refractivity contribution in [1.82, 2.24) is 9.80 Å². The molecule has 26 heavy (non-hydrogen) atoms. The predicted octanol–water partition coefficient (Wildman–Crippen LogP) is 4.26. The van der Waals surface area contributed by atoms with Gasteiger partial charge >= 0.3 is 0 Å². The van der Waals surface area contributed by atoms with Crippen LogP contribution in [0.15, 0.2) is 46.9 Å². The molecule has 0 radical (unpaired) electrons. The molecule has 1 heterocycles. The van der Waals surface area contributed by atoms with Crippen molar-refractivity contribution in [3.8, 4) is 0 Å². The molecule has 0 aromatic heterocycles. The molecule has 3 rings (SSSR count). The van der Waals surface area contributed by atoms with Crippen LogP contribution >= 0.6 is 27.5 Å². The topological polar surface area (TPSA) is 40.6 Å². The van der Waals surface area contributed by atoms with E-state index in [4.69, 9.17) is 11.6 Å². The van der Waals surface area contributed by atoms with Crippen molar-refractivity contribution in [2.24, 2.45) is 0 Å². The van der Waals surface area contributed by atoms with Crippen LogP contribution in [-0.2, 0) is 6.42 Å². The van der Waals surface area contributed by atoms with Crippen molar-refractivity contribution in [1.29, 1.82) is 0 Å². The second kappa shape index (κ2) is 8.23. The smallest absolute Gasteiger partial charge is 0.255 e. The first-order valence-corrected chi connectivity index (χ1v) is 9.79. The molecule has 0 aliphatic carbocycles. The lowest BCUT2D eigenvalue weighted by Gasteiger charge is -2.35. The fourth-order valence-electron chi connectivity index (χ4n) is 3.01. The Kier molecular flexibility index (Phi) is 5.99. The Balaban J connectivity index is 1.64. The van der Waals surface area contributed by atoms with Crippen LogP contribution in [0.25, 0.3) is 0 Å². The highest BCUT2D eigenvalue weighted by molar-refractivity contribution is 9.10. The first kappa shape index (κ1) is 18.9. The van der Waals surface area contributed by atoms with Crippen LogP contribution in [-0.4, -0.2) is 47.8 Å². The van der Waals surface area contributed by atoms with Gasteiger partial charge in [-0.3, -0.25) is 9.59 Å². The van der Waals surface area contributed by atoms with Crippen LogP contribution in [0.2, 0.25) is 5.02 Å². The summed E-state index contributed by atoms with van der Waals surface area (Å²) in [6.07, 6.45) is 0.952. The average Bonchev–Trinajstić information content (AvgIpc) is 2.69. The normalized spacial score (nSPS) is 14.4. The number of carbonyl (C=O) groups excluding carboxylic acids is 2. The van der Waals surface area contributed by atoms with Gasteiger partial charge in [0.25, 0.3) is 11.8 Å². The molecule has 0 spiro atoms. The van der Waals surface area contributed by atoms with Crippen LogP contribution in [0.4, 0.5) is 0 Å². The van der Waals surface area contributed by atoms with Gasteiger partial charge in [0.05, 0.1) is 10.6 Å². The van der Waals surface area contributed by atoms with Gasteiger partial charge in [-0.05, 0) is 42.3 Å². The number of piperazine rings is 1. The Bertz CT molecular complexity index is 815. The molecule has 0 N–H and O–H groups in total. The number of benzene rings is 2. The molecule has 4 nitrogen and oxygen atoms in total. The van der Waals surface area contributed by atoms with Crippen LogP contribution in [0.5, 0.6) is 0 Å². The zero-order chi connectivity index (χ0) is 18.7. The van der Waals surface area contributed by atoms with E-state index in [1.54, 1.807) is 28.0 Å². The summed E-state index contributed by atoms with van der Waals surface area (Å²) in [5.41, 5.74) is 2.39. The summed E-state index contributed by atoms with van der Waals surface area (Å²) < 4.78 is 0.814. The summed E-state index contributed by atoms with van der Waals surface area (Å²) in [7, 11) is 0. The van der Waals surface area contributed by atoms with Crippen LogP contribution in [0.1, 0.15) is 33.2 Å². The van der Waals surface area contributed by atoms with Gasteiger partial charge < -0.3 is 9.80 Å². The van der Waals surface area contributed by atoms with Crippen molar-refractivity contribution in [3.63, 3.8) is 0 Å². The first-order chi connectivity index (χ1) is 12.5. The van der Waals surface area contributed by atoms with E-state index in [0.29, 0.717) is 42.3 Å². The van der Waals surface area contributed by atoms with Crippen molar-refractivity contribution in [2.45, 2.75) is 13.3 Å². The van der Waals surface area contributed by atoms with Crippen LogP contribution in [0, 0.1) is 0 Å². The molecule has 2 amide bonds. The van der Waals surface area contributed by atoms with Crippen molar-refractivity contribution < 1.29 is 9.59 Å². The molecule has 2 aromatic carbocycles. The minimum Gasteiger partial charge on any atom is -0.335 e. The molecule has 1 fully saturated rings. The van der Waals surface area contributed by atoms with Gasteiger partial charge in [-0.25, -0.2) is 0 Å². The highest BCUT2D eigenvalue weighted by Gasteiger charge is 2.26. The number of rotatable bonds is 3. The first-order valence-electron chi connectivity index (χ1n) is 8.62. The fourth-order valence-corrected chi connectivity index (χ4v) is 3.57. The number of aryl methyl sites for hydroxylation is 1. The molecule has 0 saturated carbocycles. The molecule has 1 aliphatic rings. The van der Waals surface area contributed by atoms with E-state index >= 15 is 0 Å². The molecule has 136 valence electrons. The molecule has 0 unspecified atom stereocenters. The highest BCUT2D eigenvalue weighted by Crippen LogP contribution is 2.23. The molecular weight excluding hydrogens is 416 g/mol. The summed E-state index contributed by atoms with van der Waals surface area (Å²) in [4.78, 5) is 28.9. The Hall–Kier alpha value is -1.85. The van der Waals surface area contributed by atoms with Crippen LogP contribution in [0.3, 0.4) is 0 Å². The zero-order valence-corrected chi connectivity index (χ0v) is 16.9. The number of nitrogens with zero attached hydrogens (tertiary/aromatic N) is 2. The number of halogens is 2. The predicted molar refractivity (Wildman–Crippen MR) is 107 cm³/mol. The Labute approximate surface area is 166 Å². The van der Waals surface area contributed by atoms with Gasteiger partial charge in [0.15, 0.2) is 0 Å². The standard InChI is InChI=1S/C20H20BrClN2O2/c1-2-14-3-5-15(6-4-14)19(25)23-9-11-24(12-10-23)20(26)17-13-16(21)7-8-18(17)22/h3-8,13H,2,9-12H2,1H3. The second-order valence-corrected chi connectivity index (χ2v) is 7.58. The molecule has 1 aliphatic heterocycles. The molecule has 0 atom stereocenters. The lowest BCUT2D eigenvalue weighted by atomic mass is 10.1. The van der Waals surface area contributed by atoms with E-state index in [-0.39, 0.29) is 11.8 Å². The lowest BCUT2D eigenvalue weighted by Crippen LogP contribution is -2.50. The van der Waals surface area contributed by atoms with Gasteiger partial charge in [-0.1, -0.05) is 46.6 Å². The summed E-state index contributed by atoms with van der Waals surface area (Å²) in [6.45, 7) is 4.13. The van der Waals surface area contributed by atoms with Crippen molar-refractivity contribution in [3.05, 3.63) is 68.7 Å².